The minimum Gasteiger partial charge on any atom is -0.345 e. The Morgan fingerprint density at radius 3 is 2.84 bits per heavy atom. The van der Waals surface area contributed by atoms with Gasteiger partial charge in [-0.2, -0.15) is 0 Å². The molecule has 0 bridgehead atoms. The van der Waals surface area contributed by atoms with Gasteiger partial charge >= 0.3 is 0 Å². The Labute approximate surface area is 121 Å². The Morgan fingerprint density at radius 2 is 2.16 bits per heavy atom. The highest BCUT2D eigenvalue weighted by atomic mass is 32.1. The van der Waals surface area contributed by atoms with Gasteiger partial charge in [-0.25, -0.2) is 4.98 Å². The minimum atomic E-state index is 0.527. The second kappa shape index (κ2) is 6.23. The smallest absolute Gasteiger partial charge is 0.186 e. The van der Waals surface area contributed by atoms with Crippen LogP contribution in [0.15, 0.2) is 0 Å². The van der Waals surface area contributed by atoms with Crippen LogP contribution in [-0.4, -0.2) is 23.6 Å². The lowest BCUT2D eigenvalue weighted by Crippen LogP contribution is -2.42. The highest BCUT2D eigenvalue weighted by Gasteiger charge is 2.27. The van der Waals surface area contributed by atoms with Crippen LogP contribution in [0.5, 0.6) is 0 Å². The van der Waals surface area contributed by atoms with Crippen molar-refractivity contribution >= 4 is 16.5 Å². The lowest BCUT2D eigenvalue weighted by molar-refractivity contribution is 0.363. The summed E-state index contributed by atoms with van der Waals surface area (Å²) in [6, 6.07) is 1.14. The van der Waals surface area contributed by atoms with Crippen LogP contribution in [-0.2, 0) is 6.54 Å². The molecule has 2 unspecified atom stereocenters. The van der Waals surface area contributed by atoms with E-state index in [4.69, 9.17) is 4.98 Å². The summed E-state index contributed by atoms with van der Waals surface area (Å²) in [5.41, 5.74) is 1.19. The van der Waals surface area contributed by atoms with Crippen molar-refractivity contribution in [1.82, 2.24) is 10.3 Å². The first-order valence-electron chi connectivity index (χ1n) is 7.45. The maximum atomic E-state index is 4.80. The van der Waals surface area contributed by atoms with Gasteiger partial charge in [0.2, 0.25) is 0 Å². The predicted octanol–water partition coefficient (Wildman–Crippen LogP) is 3.57. The summed E-state index contributed by atoms with van der Waals surface area (Å²) < 4.78 is 0. The van der Waals surface area contributed by atoms with E-state index in [1.165, 1.54) is 28.5 Å². The number of rotatable bonds is 4. The molecule has 2 rings (SSSR count). The molecule has 0 spiro atoms. The van der Waals surface area contributed by atoms with E-state index >= 15 is 0 Å². The van der Waals surface area contributed by atoms with Gasteiger partial charge in [-0.05, 0) is 32.6 Å². The zero-order valence-corrected chi connectivity index (χ0v) is 13.7. The Bertz CT molecular complexity index is 414. The molecule has 1 aromatic heterocycles. The lowest BCUT2D eigenvalue weighted by Gasteiger charge is -2.37. The summed E-state index contributed by atoms with van der Waals surface area (Å²) in [6.07, 6.45) is 2.65. The Hall–Kier alpha value is -0.610. The molecule has 0 saturated carbocycles. The second-order valence-corrected chi connectivity index (χ2v) is 7.16. The van der Waals surface area contributed by atoms with Crippen LogP contribution < -0.4 is 10.2 Å². The zero-order chi connectivity index (χ0) is 14.0. The van der Waals surface area contributed by atoms with E-state index in [-0.39, 0.29) is 0 Å². The van der Waals surface area contributed by atoms with Gasteiger partial charge in [-0.1, -0.05) is 20.8 Å². The fourth-order valence-corrected chi connectivity index (χ4v) is 3.73. The highest BCUT2D eigenvalue weighted by molar-refractivity contribution is 7.15. The van der Waals surface area contributed by atoms with Crippen molar-refractivity contribution in [1.29, 1.82) is 0 Å². The summed E-state index contributed by atoms with van der Waals surface area (Å²) in [6.45, 7) is 13.3. The first-order valence-corrected chi connectivity index (χ1v) is 8.27. The van der Waals surface area contributed by atoms with Gasteiger partial charge in [0.25, 0.3) is 0 Å². The van der Waals surface area contributed by atoms with Crippen molar-refractivity contribution in [3.63, 3.8) is 0 Å². The highest BCUT2D eigenvalue weighted by Crippen LogP contribution is 2.32. The molecule has 108 valence electrons. The Morgan fingerprint density at radius 1 is 1.42 bits per heavy atom. The van der Waals surface area contributed by atoms with E-state index in [1.54, 1.807) is 0 Å². The molecule has 0 radical (unpaired) electrons. The average molecular weight is 281 g/mol. The normalized spacial score (nSPS) is 24.2. The first-order chi connectivity index (χ1) is 8.99. The number of aryl methyl sites for hydroxylation is 1. The molecule has 0 aromatic carbocycles. The van der Waals surface area contributed by atoms with Crippen molar-refractivity contribution in [2.75, 3.05) is 11.4 Å². The molecule has 0 amide bonds. The number of piperidine rings is 1. The molecule has 1 aliphatic rings. The molecule has 1 N–H and O–H groups in total. The SMILES string of the molecule is Cc1nc(N2CCCC(C)C2C)sc1CNC(C)C. The van der Waals surface area contributed by atoms with Crippen molar-refractivity contribution in [2.24, 2.45) is 5.92 Å². The van der Waals surface area contributed by atoms with Gasteiger partial charge in [-0.15, -0.1) is 11.3 Å². The third-order valence-electron chi connectivity index (χ3n) is 4.17. The first kappa shape index (κ1) is 14.8. The van der Waals surface area contributed by atoms with E-state index in [9.17, 15) is 0 Å². The zero-order valence-electron chi connectivity index (χ0n) is 12.9. The standard InChI is InChI=1S/C15H27N3S/c1-10(2)16-9-14-12(4)17-15(19-14)18-8-6-7-11(3)13(18)5/h10-11,13,16H,6-9H2,1-5H3. The topological polar surface area (TPSA) is 28.2 Å². The Balaban J connectivity index is 2.10. The van der Waals surface area contributed by atoms with Gasteiger partial charge in [0.15, 0.2) is 5.13 Å². The fourth-order valence-electron chi connectivity index (χ4n) is 2.60. The maximum Gasteiger partial charge on any atom is 0.186 e. The van der Waals surface area contributed by atoms with Crippen molar-refractivity contribution in [2.45, 2.75) is 66.1 Å². The second-order valence-electron chi connectivity index (χ2n) is 6.09. The van der Waals surface area contributed by atoms with Crippen LogP contribution >= 0.6 is 11.3 Å². The number of thiazole rings is 1. The molecular formula is C15H27N3S. The third-order valence-corrected chi connectivity index (χ3v) is 5.37. The molecule has 0 aliphatic carbocycles. The molecule has 1 fully saturated rings. The summed E-state index contributed by atoms with van der Waals surface area (Å²) >= 11 is 1.87. The molecule has 2 atom stereocenters. The monoisotopic (exact) mass is 281 g/mol. The molecule has 1 saturated heterocycles. The number of nitrogens with zero attached hydrogens (tertiary/aromatic N) is 2. The van der Waals surface area contributed by atoms with Crippen LogP contribution in [0.25, 0.3) is 0 Å². The van der Waals surface area contributed by atoms with E-state index < -0.39 is 0 Å². The maximum absolute atomic E-state index is 4.80. The van der Waals surface area contributed by atoms with Crippen LogP contribution in [0.4, 0.5) is 5.13 Å². The van der Waals surface area contributed by atoms with Gasteiger partial charge in [0, 0.05) is 30.1 Å². The fraction of sp³-hybridized carbons (Fsp3) is 0.800. The predicted molar refractivity (Wildman–Crippen MR) is 84.0 cm³/mol. The van der Waals surface area contributed by atoms with E-state index in [1.807, 2.05) is 11.3 Å². The minimum absolute atomic E-state index is 0.527. The van der Waals surface area contributed by atoms with E-state index in [2.05, 4.69) is 44.8 Å². The summed E-state index contributed by atoms with van der Waals surface area (Å²) in [7, 11) is 0. The van der Waals surface area contributed by atoms with Crippen LogP contribution in [0, 0.1) is 12.8 Å². The van der Waals surface area contributed by atoms with Gasteiger partial charge in [0.1, 0.15) is 0 Å². The largest absolute Gasteiger partial charge is 0.345 e. The number of hydrogen-bond acceptors (Lipinski definition) is 4. The Kier molecular flexibility index (Phi) is 4.85. The molecule has 4 heteroatoms. The average Bonchev–Trinajstić information content (AvgIpc) is 2.71. The van der Waals surface area contributed by atoms with Gasteiger partial charge < -0.3 is 10.2 Å². The third kappa shape index (κ3) is 3.48. The number of nitrogens with one attached hydrogen (secondary N) is 1. The molecule has 1 aromatic rings. The summed E-state index contributed by atoms with van der Waals surface area (Å²) in [4.78, 5) is 8.69. The molecular weight excluding hydrogens is 254 g/mol. The van der Waals surface area contributed by atoms with Crippen molar-refractivity contribution < 1.29 is 0 Å². The molecule has 1 aliphatic heterocycles. The van der Waals surface area contributed by atoms with E-state index in [0.29, 0.717) is 12.1 Å². The van der Waals surface area contributed by atoms with Crippen molar-refractivity contribution in [3.8, 4) is 0 Å². The number of hydrogen-bond donors (Lipinski definition) is 1. The van der Waals surface area contributed by atoms with Crippen LogP contribution in [0.3, 0.4) is 0 Å². The molecule has 2 heterocycles. The van der Waals surface area contributed by atoms with E-state index in [0.717, 1.165) is 19.0 Å². The van der Waals surface area contributed by atoms with Crippen molar-refractivity contribution in [3.05, 3.63) is 10.6 Å². The number of anilines is 1. The summed E-state index contributed by atoms with van der Waals surface area (Å²) in [5, 5.41) is 4.71. The van der Waals surface area contributed by atoms with Gasteiger partial charge in [-0.3, -0.25) is 0 Å². The quantitative estimate of drug-likeness (QED) is 0.914. The lowest BCUT2D eigenvalue weighted by atomic mass is 9.93. The van der Waals surface area contributed by atoms with Crippen LogP contribution in [0.1, 0.15) is 51.1 Å². The molecule has 3 nitrogen and oxygen atoms in total. The van der Waals surface area contributed by atoms with Crippen LogP contribution in [0.2, 0.25) is 0 Å². The van der Waals surface area contributed by atoms with Gasteiger partial charge in [0.05, 0.1) is 5.69 Å². The number of aromatic nitrogens is 1. The molecule has 19 heavy (non-hydrogen) atoms. The summed E-state index contributed by atoms with van der Waals surface area (Å²) in [5.74, 6) is 0.773.